The van der Waals surface area contributed by atoms with Gasteiger partial charge in [0, 0.05) is 26.7 Å². The van der Waals surface area contributed by atoms with Gasteiger partial charge in [-0.2, -0.15) is 0 Å². The Morgan fingerprint density at radius 2 is 1.88 bits per heavy atom. The average Bonchev–Trinajstić information content (AvgIpc) is 2.21. The summed E-state index contributed by atoms with van der Waals surface area (Å²) in [5.74, 6) is 1.66. The van der Waals surface area contributed by atoms with Crippen molar-refractivity contribution >= 4 is 10.0 Å². The molecule has 0 bridgehead atoms. The van der Waals surface area contributed by atoms with Gasteiger partial charge in [-0.15, -0.1) is 0 Å². The molecular weight excluding hydrogens is 236 g/mol. The Labute approximate surface area is 106 Å². The molecule has 1 N–H and O–H groups in total. The van der Waals surface area contributed by atoms with E-state index in [1.165, 1.54) is 23.6 Å². The first-order chi connectivity index (χ1) is 7.83. The van der Waals surface area contributed by atoms with Crippen molar-refractivity contribution in [3.63, 3.8) is 0 Å². The summed E-state index contributed by atoms with van der Waals surface area (Å²) in [6.07, 6.45) is 3.67. The molecule has 5 heteroatoms. The van der Waals surface area contributed by atoms with E-state index in [0.29, 0.717) is 18.5 Å². The van der Waals surface area contributed by atoms with Crippen LogP contribution in [-0.2, 0) is 10.0 Å². The van der Waals surface area contributed by atoms with Gasteiger partial charge < -0.3 is 5.32 Å². The number of nitrogens with zero attached hydrogens (tertiary/aromatic N) is 1. The molecule has 4 nitrogen and oxygen atoms in total. The van der Waals surface area contributed by atoms with E-state index in [1.54, 1.807) is 14.1 Å². The Kier molecular flexibility index (Phi) is 5.41. The maximum Gasteiger partial charge on any atom is 0.214 e. The van der Waals surface area contributed by atoms with Crippen LogP contribution in [0.25, 0.3) is 0 Å². The van der Waals surface area contributed by atoms with Crippen LogP contribution in [0.5, 0.6) is 0 Å². The van der Waals surface area contributed by atoms with E-state index in [1.807, 2.05) is 0 Å². The van der Waals surface area contributed by atoms with Crippen LogP contribution in [0.1, 0.15) is 33.1 Å². The van der Waals surface area contributed by atoms with Crippen LogP contribution in [-0.4, -0.2) is 45.2 Å². The zero-order valence-corrected chi connectivity index (χ0v) is 12.3. The summed E-state index contributed by atoms with van der Waals surface area (Å²) in [6.45, 7) is 5.11. The Morgan fingerprint density at radius 1 is 1.24 bits per heavy atom. The first kappa shape index (κ1) is 14.9. The van der Waals surface area contributed by atoms with E-state index >= 15 is 0 Å². The predicted molar refractivity (Wildman–Crippen MR) is 71.4 cm³/mol. The van der Waals surface area contributed by atoms with Crippen molar-refractivity contribution in [2.24, 2.45) is 11.8 Å². The molecule has 1 aliphatic carbocycles. The van der Waals surface area contributed by atoms with Crippen LogP contribution in [0.3, 0.4) is 0 Å². The van der Waals surface area contributed by atoms with Crippen molar-refractivity contribution < 1.29 is 8.42 Å². The van der Waals surface area contributed by atoms with Crippen molar-refractivity contribution in [2.45, 2.75) is 39.2 Å². The first-order valence-electron chi connectivity index (χ1n) is 6.46. The lowest BCUT2D eigenvalue weighted by Gasteiger charge is -2.33. The van der Waals surface area contributed by atoms with E-state index in [9.17, 15) is 8.42 Å². The Balaban J connectivity index is 2.32. The standard InChI is InChI=1S/C12H26N2O2S/c1-10-5-6-12(11(2)9-10)13-7-8-17(15,16)14(3)4/h10-13H,5-9H2,1-4H3. The fourth-order valence-electron chi connectivity index (χ4n) is 2.52. The molecule has 0 heterocycles. The van der Waals surface area contributed by atoms with Crippen LogP contribution in [0, 0.1) is 11.8 Å². The zero-order chi connectivity index (χ0) is 13.1. The van der Waals surface area contributed by atoms with Gasteiger partial charge in [-0.05, 0) is 31.1 Å². The predicted octanol–water partition coefficient (Wildman–Crippen LogP) is 1.29. The molecule has 17 heavy (non-hydrogen) atoms. The van der Waals surface area contributed by atoms with Crippen LogP contribution < -0.4 is 5.32 Å². The number of hydrogen-bond donors (Lipinski definition) is 1. The van der Waals surface area contributed by atoms with Gasteiger partial charge in [-0.25, -0.2) is 12.7 Å². The maximum absolute atomic E-state index is 11.6. The van der Waals surface area contributed by atoms with Crippen LogP contribution in [0.15, 0.2) is 0 Å². The molecule has 1 fully saturated rings. The van der Waals surface area contributed by atoms with Crippen molar-refractivity contribution in [3.8, 4) is 0 Å². The summed E-state index contributed by atoms with van der Waals surface area (Å²) in [5.41, 5.74) is 0. The van der Waals surface area contributed by atoms with Crippen LogP contribution >= 0.6 is 0 Å². The maximum atomic E-state index is 11.6. The lowest BCUT2D eigenvalue weighted by molar-refractivity contribution is 0.231. The summed E-state index contributed by atoms with van der Waals surface area (Å²) in [7, 11) is 0.111. The minimum Gasteiger partial charge on any atom is -0.313 e. The van der Waals surface area contributed by atoms with Gasteiger partial charge in [0.1, 0.15) is 0 Å². The first-order valence-corrected chi connectivity index (χ1v) is 8.07. The minimum absolute atomic E-state index is 0.193. The van der Waals surface area contributed by atoms with Gasteiger partial charge in [0.05, 0.1) is 5.75 Å². The second-order valence-corrected chi connectivity index (χ2v) is 7.86. The van der Waals surface area contributed by atoms with E-state index in [4.69, 9.17) is 0 Å². The third-order valence-electron chi connectivity index (χ3n) is 3.75. The normalized spacial score (nSPS) is 30.8. The van der Waals surface area contributed by atoms with Gasteiger partial charge in [-0.3, -0.25) is 0 Å². The van der Waals surface area contributed by atoms with Gasteiger partial charge in [-0.1, -0.05) is 13.8 Å². The SMILES string of the molecule is CC1CCC(NCCS(=O)(=O)N(C)C)C(C)C1. The molecule has 0 radical (unpaired) electrons. The summed E-state index contributed by atoms with van der Waals surface area (Å²) < 4.78 is 24.5. The van der Waals surface area contributed by atoms with Gasteiger partial charge in [0.25, 0.3) is 0 Å². The fourth-order valence-corrected chi connectivity index (χ4v) is 3.27. The molecule has 0 spiro atoms. The summed E-state index contributed by atoms with van der Waals surface area (Å²) in [5, 5.41) is 3.40. The van der Waals surface area contributed by atoms with E-state index < -0.39 is 10.0 Å². The third kappa shape index (κ3) is 4.56. The molecule has 3 atom stereocenters. The quantitative estimate of drug-likeness (QED) is 0.812. The number of rotatable bonds is 5. The van der Waals surface area contributed by atoms with Gasteiger partial charge in [0.2, 0.25) is 10.0 Å². The molecule has 0 aromatic rings. The molecular formula is C12H26N2O2S. The van der Waals surface area contributed by atoms with Crippen molar-refractivity contribution in [1.82, 2.24) is 9.62 Å². The Morgan fingerprint density at radius 3 is 2.41 bits per heavy atom. The Hall–Kier alpha value is -0.130. The van der Waals surface area contributed by atoms with Gasteiger partial charge in [0.15, 0.2) is 0 Å². The molecule has 1 saturated carbocycles. The van der Waals surface area contributed by atoms with Crippen molar-refractivity contribution in [3.05, 3.63) is 0 Å². The van der Waals surface area contributed by atoms with E-state index in [0.717, 1.165) is 5.92 Å². The highest BCUT2D eigenvalue weighted by atomic mass is 32.2. The van der Waals surface area contributed by atoms with Crippen LogP contribution in [0.4, 0.5) is 0 Å². The molecule has 0 aromatic carbocycles. The molecule has 0 aliphatic heterocycles. The molecule has 3 unspecified atom stereocenters. The van der Waals surface area contributed by atoms with E-state index in [-0.39, 0.29) is 5.75 Å². The lowest BCUT2D eigenvalue weighted by atomic mass is 9.80. The summed E-state index contributed by atoms with van der Waals surface area (Å²) >= 11 is 0. The largest absolute Gasteiger partial charge is 0.313 e. The van der Waals surface area contributed by atoms with E-state index in [2.05, 4.69) is 19.2 Å². The van der Waals surface area contributed by atoms with Gasteiger partial charge >= 0.3 is 0 Å². The highest BCUT2D eigenvalue weighted by Crippen LogP contribution is 2.28. The summed E-state index contributed by atoms with van der Waals surface area (Å²) in [6, 6.07) is 0.489. The number of sulfonamides is 1. The topological polar surface area (TPSA) is 49.4 Å². The lowest BCUT2D eigenvalue weighted by Crippen LogP contribution is -2.42. The second kappa shape index (κ2) is 6.16. The monoisotopic (exact) mass is 262 g/mol. The van der Waals surface area contributed by atoms with Crippen molar-refractivity contribution in [2.75, 3.05) is 26.4 Å². The summed E-state index contributed by atoms with van der Waals surface area (Å²) in [4.78, 5) is 0. The smallest absolute Gasteiger partial charge is 0.214 e. The molecule has 0 amide bonds. The van der Waals surface area contributed by atoms with Crippen molar-refractivity contribution in [1.29, 1.82) is 0 Å². The highest BCUT2D eigenvalue weighted by Gasteiger charge is 2.25. The minimum atomic E-state index is -3.06. The zero-order valence-electron chi connectivity index (χ0n) is 11.4. The molecule has 0 aromatic heterocycles. The number of hydrogen-bond acceptors (Lipinski definition) is 3. The highest BCUT2D eigenvalue weighted by molar-refractivity contribution is 7.89. The molecule has 102 valence electrons. The second-order valence-electron chi connectivity index (χ2n) is 5.55. The average molecular weight is 262 g/mol. The fraction of sp³-hybridized carbons (Fsp3) is 1.00. The molecule has 1 rings (SSSR count). The Bertz CT molecular complexity index is 327. The third-order valence-corrected chi connectivity index (χ3v) is 5.59. The van der Waals surface area contributed by atoms with Crippen LogP contribution in [0.2, 0.25) is 0 Å². The number of nitrogens with one attached hydrogen (secondary N) is 1. The molecule has 1 aliphatic rings. The molecule has 0 saturated heterocycles.